The number of nitrogens with one attached hydrogen (secondary N) is 1. The van der Waals surface area contributed by atoms with Gasteiger partial charge >= 0.3 is 0 Å². The van der Waals surface area contributed by atoms with Gasteiger partial charge in [0.15, 0.2) is 0 Å². The molecule has 3 aromatic rings. The van der Waals surface area contributed by atoms with Crippen molar-refractivity contribution in [1.29, 1.82) is 0 Å². The number of carbonyl (C=O) groups excluding carboxylic acids is 1. The van der Waals surface area contributed by atoms with Gasteiger partial charge in [-0.2, -0.15) is 5.10 Å². The molecule has 1 aliphatic carbocycles. The Morgan fingerprint density at radius 3 is 2.77 bits per heavy atom. The number of hydrogen-bond acceptors (Lipinski definition) is 5. The smallest absolute Gasteiger partial charge is 0.253 e. The van der Waals surface area contributed by atoms with E-state index in [1.165, 1.54) is 11.1 Å². The Kier molecular flexibility index (Phi) is 6.15. The van der Waals surface area contributed by atoms with Crippen LogP contribution < -0.4 is 11.1 Å². The average Bonchev–Trinajstić information content (AvgIpc) is 3.33. The molecule has 7 heteroatoms. The van der Waals surface area contributed by atoms with Crippen LogP contribution in [0.15, 0.2) is 49.1 Å². The molecule has 7 nitrogen and oxygen atoms in total. The molecule has 0 spiro atoms. The number of aryl methyl sites for hydroxylation is 3. The van der Waals surface area contributed by atoms with E-state index in [1.54, 1.807) is 23.3 Å². The van der Waals surface area contributed by atoms with Crippen molar-refractivity contribution in [2.45, 2.75) is 51.5 Å². The van der Waals surface area contributed by atoms with Crippen LogP contribution in [0.5, 0.6) is 0 Å². The number of benzene rings is 1. The molecule has 2 aromatic heterocycles. The Labute approximate surface area is 182 Å². The highest BCUT2D eigenvalue weighted by Crippen LogP contribution is 2.24. The van der Waals surface area contributed by atoms with Gasteiger partial charge < -0.3 is 15.8 Å². The van der Waals surface area contributed by atoms with E-state index in [4.69, 9.17) is 10.5 Å². The minimum atomic E-state index is -0.223. The normalized spacial score (nSPS) is 20.7. The second-order valence-electron chi connectivity index (χ2n) is 8.39. The lowest BCUT2D eigenvalue weighted by molar-refractivity contribution is 0.0182. The number of pyridine rings is 1. The van der Waals surface area contributed by atoms with Gasteiger partial charge in [0.05, 0.1) is 30.5 Å². The van der Waals surface area contributed by atoms with Gasteiger partial charge in [0.1, 0.15) is 0 Å². The summed E-state index contributed by atoms with van der Waals surface area (Å²) in [5.74, 6) is -0.169. The molecule has 3 N–H and O–H groups in total. The summed E-state index contributed by atoms with van der Waals surface area (Å²) in [5, 5.41) is 7.30. The Morgan fingerprint density at radius 1 is 1.19 bits per heavy atom. The molecule has 4 rings (SSSR count). The van der Waals surface area contributed by atoms with Crippen LogP contribution in [0.1, 0.15) is 39.9 Å². The second-order valence-corrected chi connectivity index (χ2v) is 8.39. The summed E-state index contributed by atoms with van der Waals surface area (Å²) in [6.07, 6.45) is 8.35. The molecule has 31 heavy (non-hydrogen) atoms. The standard InChI is InChI=1S/C24H29N5O2/c1-15-4-5-17(16(2)8-15)14-31-23-21(25)6-7-22(23)28-24(30)19-9-18(10-26-11-19)20-12-27-29(3)13-20/h4-5,8-13,21-23H,6-7,14,25H2,1-3H3,(H,28,30)/t21?,22-,23-/m0/s1. The first-order valence-corrected chi connectivity index (χ1v) is 10.6. The molecule has 0 saturated heterocycles. The van der Waals surface area contributed by atoms with Crippen molar-refractivity contribution in [1.82, 2.24) is 20.1 Å². The van der Waals surface area contributed by atoms with Crippen molar-refractivity contribution in [3.63, 3.8) is 0 Å². The van der Waals surface area contributed by atoms with Crippen LogP contribution in [-0.2, 0) is 18.4 Å². The first-order chi connectivity index (χ1) is 14.9. The van der Waals surface area contributed by atoms with Gasteiger partial charge in [-0.25, -0.2) is 0 Å². The number of amides is 1. The summed E-state index contributed by atoms with van der Waals surface area (Å²) in [7, 11) is 1.86. The first-order valence-electron chi connectivity index (χ1n) is 10.6. The van der Waals surface area contributed by atoms with Gasteiger partial charge in [-0.15, -0.1) is 0 Å². The maximum Gasteiger partial charge on any atom is 0.253 e. The summed E-state index contributed by atoms with van der Waals surface area (Å²) in [5.41, 5.74) is 12.2. The van der Waals surface area contributed by atoms with Crippen LogP contribution >= 0.6 is 0 Å². The van der Waals surface area contributed by atoms with Crippen molar-refractivity contribution in [2.24, 2.45) is 12.8 Å². The number of carbonyl (C=O) groups is 1. The van der Waals surface area contributed by atoms with E-state index in [9.17, 15) is 4.79 Å². The highest BCUT2D eigenvalue weighted by molar-refractivity contribution is 5.95. The molecule has 1 aromatic carbocycles. The largest absolute Gasteiger partial charge is 0.370 e. The molecule has 0 bridgehead atoms. The lowest BCUT2D eigenvalue weighted by Gasteiger charge is -2.24. The zero-order valence-corrected chi connectivity index (χ0v) is 18.2. The third-order valence-electron chi connectivity index (χ3n) is 5.91. The van der Waals surface area contributed by atoms with Crippen LogP contribution in [0.25, 0.3) is 11.1 Å². The van der Waals surface area contributed by atoms with E-state index in [-0.39, 0.29) is 24.1 Å². The van der Waals surface area contributed by atoms with Crippen LogP contribution in [0, 0.1) is 13.8 Å². The van der Waals surface area contributed by atoms with Gasteiger partial charge in [0.25, 0.3) is 5.91 Å². The van der Waals surface area contributed by atoms with E-state index in [0.717, 1.165) is 29.5 Å². The van der Waals surface area contributed by atoms with Gasteiger partial charge in [0, 0.05) is 42.8 Å². The summed E-state index contributed by atoms with van der Waals surface area (Å²) in [6.45, 7) is 4.64. The quantitative estimate of drug-likeness (QED) is 0.641. The highest BCUT2D eigenvalue weighted by Gasteiger charge is 2.36. The number of nitrogens with zero attached hydrogens (tertiary/aromatic N) is 3. The van der Waals surface area contributed by atoms with Crippen molar-refractivity contribution < 1.29 is 9.53 Å². The van der Waals surface area contributed by atoms with Gasteiger partial charge in [-0.1, -0.05) is 23.8 Å². The SMILES string of the molecule is Cc1ccc(CO[C@H]2C(N)CC[C@@H]2NC(=O)c2cncc(-c3cnn(C)c3)c2)c(C)c1. The minimum Gasteiger partial charge on any atom is -0.370 e. The van der Waals surface area contributed by atoms with E-state index in [0.29, 0.717) is 12.2 Å². The lowest BCUT2D eigenvalue weighted by atomic mass is 10.1. The third-order valence-corrected chi connectivity index (χ3v) is 5.91. The summed E-state index contributed by atoms with van der Waals surface area (Å²) < 4.78 is 7.92. The van der Waals surface area contributed by atoms with Gasteiger partial charge in [-0.05, 0) is 43.9 Å². The molecule has 0 aliphatic heterocycles. The fraction of sp³-hybridized carbons (Fsp3) is 0.375. The maximum absolute atomic E-state index is 12.9. The Hall–Kier alpha value is -3.03. The molecule has 0 radical (unpaired) electrons. The molecular formula is C24H29N5O2. The van der Waals surface area contributed by atoms with E-state index < -0.39 is 0 Å². The Balaban J connectivity index is 1.43. The topological polar surface area (TPSA) is 95.1 Å². The number of hydrogen-bond donors (Lipinski definition) is 2. The number of aromatic nitrogens is 3. The average molecular weight is 420 g/mol. The highest BCUT2D eigenvalue weighted by atomic mass is 16.5. The zero-order chi connectivity index (χ0) is 22.0. The van der Waals surface area contributed by atoms with E-state index in [2.05, 4.69) is 47.4 Å². The van der Waals surface area contributed by atoms with Crippen molar-refractivity contribution in [2.75, 3.05) is 0 Å². The predicted molar refractivity (Wildman–Crippen MR) is 119 cm³/mol. The lowest BCUT2D eigenvalue weighted by Crippen LogP contribution is -2.46. The van der Waals surface area contributed by atoms with E-state index in [1.807, 2.05) is 19.3 Å². The summed E-state index contributed by atoms with van der Waals surface area (Å²) in [4.78, 5) is 17.2. The fourth-order valence-corrected chi connectivity index (χ4v) is 4.13. The molecule has 1 amide bonds. The summed E-state index contributed by atoms with van der Waals surface area (Å²) in [6, 6.07) is 7.93. The summed E-state index contributed by atoms with van der Waals surface area (Å²) >= 11 is 0. The number of ether oxygens (including phenoxy) is 1. The fourth-order valence-electron chi connectivity index (χ4n) is 4.13. The van der Waals surface area contributed by atoms with Crippen molar-refractivity contribution >= 4 is 5.91 Å². The molecule has 1 fully saturated rings. The van der Waals surface area contributed by atoms with Gasteiger partial charge in [-0.3, -0.25) is 14.5 Å². The maximum atomic E-state index is 12.9. The Morgan fingerprint density at radius 2 is 2.03 bits per heavy atom. The molecule has 1 aliphatic rings. The van der Waals surface area contributed by atoms with Crippen LogP contribution in [0.3, 0.4) is 0 Å². The Bertz CT molecular complexity index is 1080. The molecule has 1 saturated carbocycles. The van der Waals surface area contributed by atoms with Crippen molar-refractivity contribution in [3.05, 3.63) is 71.3 Å². The van der Waals surface area contributed by atoms with Crippen molar-refractivity contribution in [3.8, 4) is 11.1 Å². The molecule has 3 atom stereocenters. The van der Waals surface area contributed by atoms with E-state index >= 15 is 0 Å². The first kappa shape index (κ1) is 21.2. The minimum absolute atomic E-state index is 0.101. The van der Waals surface area contributed by atoms with Gasteiger partial charge in [0.2, 0.25) is 0 Å². The molecule has 2 heterocycles. The molecule has 162 valence electrons. The molecular weight excluding hydrogens is 390 g/mol. The molecule has 1 unspecified atom stereocenters. The van der Waals surface area contributed by atoms with Crippen LogP contribution in [0.2, 0.25) is 0 Å². The monoisotopic (exact) mass is 419 g/mol. The predicted octanol–water partition coefficient (Wildman–Crippen LogP) is 2.90. The number of nitrogens with two attached hydrogens (primary N) is 1. The zero-order valence-electron chi connectivity index (χ0n) is 18.2. The third kappa shape index (κ3) is 4.84. The second kappa shape index (κ2) is 8.99. The van der Waals surface area contributed by atoms with Crippen LogP contribution in [-0.4, -0.2) is 38.9 Å². The number of rotatable bonds is 6. The van der Waals surface area contributed by atoms with Crippen LogP contribution in [0.4, 0.5) is 0 Å².